The van der Waals surface area contributed by atoms with Gasteiger partial charge in [-0.1, -0.05) is 50.2 Å². The molecule has 79 heavy (non-hydrogen) atoms. The molecule has 0 radical (unpaired) electrons. The van der Waals surface area contributed by atoms with Crippen molar-refractivity contribution in [3.63, 3.8) is 0 Å². The van der Waals surface area contributed by atoms with Gasteiger partial charge in [0.15, 0.2) is 17.9 Å². The average Bonchev–Trinajstić information content (AvgIpc) is 4.03. The van der Waals surface area contributed by atoms with Crippen molar-refractivity contribution in [2.75, 3.05) is 19.6 Å². The van der Waals surface area contributed by atoms with Gasteiger partial charge in [-0.05, 0) is 81.5 Å². The van der Waals surface area contributed by atoms with Gasteiger partial charge >= 0.3 is 5.97 Å². The predicted molar refractivity (Wildman–Crippen MR) is 297 cm³/mol. The third-order valence-electron chi connectivity index (χ3n) is 12.8. The Hall–Kier alpha value is -8.95. The van der Waals surface area contributed by atoms with E-state index in [9.17, 15) is 43.5 Å². The van der Waals surface area contributed by atoms with Gasteiger partial charge in [0.1, 0.15) is 42.3 Å². The Morgan fingerprint density at radius 1 is 0.481 bits per heavy atom. The second kappa shape index (κ2) is 30.7. The molecule has 0 aliphatic carbocycles. The summed E-state index contributed by atoms with van der Waals surface area (Å²) in [5, 5.41) is 60.1. The van der Waals surface area contributed by atoms with Crippen molar-refractivity contribution in [1.82, 2.24) is 63.1 Å². The summed E-state index contributed by atoms with van der Waals surface area (Å²) in [6, 6.07) is 4.37. The fourth-order valence-electron chi connectivity index (χ4n) is 8.31. The molecule has 0 aliphatic heterocycles. The Labute approximate surface area is 456 Å². The number of carbonyl (C=O) groups excluding carboxylic acids is 7. The second-order valence-corrected chi connectivity index (χ2v) is 19.4. The zero-order valence-corrected chi connectivity index (χ0v) is 44.8. The Balaban J connectivity index is 1.56. The molecule has 0 bridgehead atoms. The summed E-state index contributed by atoms with van der Waals surface area (Å²) in [7, 11) is 0. The van der Waals surface area contributed by atoms with E-state index in [1.807, 2.05) is 30.3 Å². The number of nitrogens with one attached hydrogen (secondary N) is 15. The highest BCUT2D eigenvalue weighted by atomic mass is 16.4. The molecule has 7 amide bonds. The van der Waals surface area contributed by atoms with Crippen molar-refractivity contribution in [1.29, 1.82) is 16.2 Å². The normalized spacial score (nSPS) is 14.2. The topological polar surface area (TPSA) is 484 Å². The Morgan fingerprint density at radius 2 is 0.810 bits per heavy atom. The van der Waals surface area contributed by atoms with Crippen molar-refractivity contribution in [3.8, 4) is 0 Å². The fraction of sp³-hybridized carbons (Fsp3) is 0.471. The molecule has 4 aromatic rings. The molecule has 0 aliphatic rings. The summed E-state index contributed by atoms with van der Waals surface area (Å²) < 4.78 is 0. The third kappa shape index (κ3) is 20.2. The van der Waals surface area contributed by atoms with Crippen molar-refractivity contribution in [3.05, 3.63) is 72.1 Å². The molecule has 2 aromatic heterocycles. The minimum atomic E-state index is -1.41. The molecule has 8 atom stereocenters. The van der Waals surface area contributed by atoms with Crippen molar-refractivity contribution < 1.29 is 43.5 Å². The molecule has 0 saturated heterocycles. The first-order valence-electron chi connectivity index (χ1n) is 25.9. The maximum atomic E-state index is 14.6. The van der Waals surface area contributed by atoms with Crippen LogP contribution in [0.1, 0.15) is 77.3 Å². The first-order chi connectivity index (χ1) is 37.4. The zero-order chi connectivity index (χ0) is 58.3. The standard InChI is InChI=1S/C51H77N19O9/c1-26(2)40(52)47(77)70-38(22-29-24-62-33-14-7-5-12-31(29)33)45(75)65-27(3)41(71)64-28(4)42(72)69-39(23-30-25-63-34-15-8-6-13-32(30)34)46(76)67-35(16-9-19-59-49(53)54)43(73)66-36(17-10-20-60-50(55)56)44(74)68-37(48(78)79)18-11-21-61-51(57)58/h5-8,12-15,24-28,35-40,62-63H,9-11,16-23,52H2,1-4H3,(H,64,71)(H,65,75)(H,66,73)(H,67,76)(H,68,74)(H,69,72)(H,70,77)(H,78,79)(H4,53,54,59)(H4,55,56,60)(H4,57,58,61)/t27-,28-,35-,36-,37-,38-,39-,40-/m0/s1. The van der Waals surface area contributed by atoms with Gasteiger partial charge in [0.05, 0.1) is 6.04 Å². The minimum Gasteiger partial charge on any atom is -0.480 e. The van der Waals surface area contributed by atoms with Gasteiger partial charge in [0, 0.05) is 66.7 Å². The average molecular weight is 1100 g/mol. The van der Waals surface area contributed by atoms with Crippen LogP contribution in [0.4, 0.5) is 0 Å². The maximum absolute atomic E-state index is 14.6. The summed E-state index contributed by atoms with van der Waals surface area (Å²) in [4.78, 5) is 116. The van der Waals surface area contributed by atoms with Crippen LogP contribution >= 0.6 is 0 Å². The van der Waals surface area contributed by atoms with Gasteiger partial charge in [-0.25, -0.2) is 4.79 Å². The van der Waals surface area contributed by atoms with Crippen molar-refractivity contribution >= 4 is 87.0 Å². The number of benzene rings is 2. The van der Waals surface area contributed by atoms with Gasteiger partial charge < -0.3 is 91.2 Å². The number of nitrogens with two attached hydrogens (primary N) is 4. The van der Waals surface area contributed by atoms with Gasteiger partial charge in [0.25, 0.3) is 0 Å². The smallest absolute Gasteiger partial charge is 0.326 e. The zero-order valence-electron chi connectivity index (χ0n) is 44.8. The number of aromatic amines is 2. The van der Waals surface area contributed by atoms with Crippen molar-refractivity contribution in [2.24, 2.45) is 28.9 Å². The van der Waals surface area contributed by atoms with Crippen LogP contribution in [0.2, 0.25) is 0 Å². The number of carboxylic acids is 1. The summed E-state index contributed by atoms with van der Waals surface area (Å²) in [5.41, 5.74) is 25.2. The lowest BCUT2D eigenvalue weighted by atomic mass is 10.0. The molecule has 28 nitrogen and oxygen atoms in total. The molecular weight excluding hydrogens is 1020 g/mol. The van der Waals surface area contributed by atoms with E-state index in [0.29, 0.717) is 5.56 Å². The lowest BCUT2D eigenvalue weighted by Gasteiger charge is -2.27. The number of hydrogen-bond acceptors (Lipinski definition) is 12. The van der Waals surface area contributed by atoms with E-state index in [0.717, 1.165) is 27.4 Å². The van der Waals surface area contributed by atoms with Crippen LogP contribution in [-0.2, 0) is 51.2 Å². The van der Waals surface area contributed by atoms with Gasteiger partial charge in [-0.3, -0.25) is 49.8 Å². The van der Waals surface area contributed by atoms with E-state index in [1.54, 1.807) is 44.4 Å². The number of H-pyrrole nitrogens is 2. The number of carboxylic acid groups (broad SMARTS) is 1. The lowest BCUT2D eigenvalue weighted by molar-refractivity contribution is -0.142. The summed E-state index contributed by atoms with van der Waals surface area (Å²) in [6.07, 6.45) is 3.55. The summed E-state index contributed by atoms with van der Waals surface area (Å²) >= 11 is 0. The van der Waals surface area contributed by atoms with E-state index in [2.05, 4.69) is 63.1 Å². The number of hydrogen-bond donors (Lipinski definition) is 20. The number of rotatable bonds is 32. The molecular formula is C51H77N19O9. The molecule has 24 N–H and O–H groups in total. The van der Waals surface area contributed by atoms with E-state index in [1.165, 1.54) is 13.8 Å². The SMILES string of the molecule is CC(C)[C@H](N)C(=O)N[C@@H](Cc1c[nH]c2ccccc12)C(=O)N[C@@H](C)C(=O)N[C@@H](C)C(=O)N[C@@H](Cc1c[nH]c2ccccc12)C(=O)N[C@@H](CCCNC(=N)N)C(=O)N[C@@H](CCCNC(=N)N)C(=O)N[C@@H](CCCNC(=N)N)C(=O)O. The molecule has 28 heteroatoms. The fourth-order valence-corrected chi connectivity index (χ4v) is 8.31. The molecule has 0 saturated carbocycles. The number of guanidine groups is 3. The molecule has 430 valence electrons. The van der Waals surface area contributed by atoms with E-state index in [-0.39, 0.29) is 94.8 Å². The molecule has 2 heterocycles. The second-order valence-electron chi connectivity index (χ2n) is 19.4. The maximum Gasteiger partial charge on any atom is 0.326 e. The Bertz CT molecular complexity index is 2800. The van der Waals surface area contributed by atoms with Crippen LogP contribution < -0.4 is 76.1 Å². The predicted octanol–water partition coefficient (Wildman–Crippen LogP) is -2.27. The van der Waals surface area contributed by atoms with Crippen LogP contribution in [-0.4, -0.2) is 148 Å². The van der Waals surface area contributed by atoms with Crippen LogP contribution in [0.3, 0.4) is 0 Å². The van der Waals surface area contributed by atoms with Gasteiger partial charge in [0.2, 0.25) is 41.4 Å². The largest absolute Gasteiger partial charge is 0.480 e. The molecule has 0 spiro atoms. The van der Waals surface area contributed by atoms with Crippen LogP contribution in [0.15, 0.2) is 60.9 Å². The van der Waals surface area contributed by atoms with Gasteiger partial charge in [-0.2, -0.15) is 0 Å². The van der Waals surface area contributed by atoms with E-state index in [4.69, 9.17) is 39.2 Å². The van der Waals surface area contributed by atoms with Crippen LogP contribution in [0.5, 0.6) is 0 Å². The number of carbonyl (C=O) groups is 8. The number of para-hydroxylation sites is 2. The highest BCUT2D eigenvalue weighted by Crippen LogP contribution is 2.21. The van der Waals surface area contributed by atoms with E-state index >= 15 is 0 Å². The minimum absolute atomic E-state index is 0.0450. The summed E-state index contributed by atoms with van der Waals surface area (Å²) in [5.74, 6) is -8.10. The van der Waals surface area contributed by atoms with E-state index < -0.39 is 95.7 Å². The third-order valence-corrected chi connectivity index (χ3v) is 12.8. The molecule has 4 rings (SSSR count). The molecule has 2 aromatic carbocycles. The highest BCUT2D eigenvalue weighted by Gasteiger charge is 2.34. The van der Waals surface area contributed by atoms with Crippen LogP contribution in [0.25, 0.3) is 21.8 Å². The monoisotopic (exact) mass is 1100 g/mol. The first kappa shape index (κ1) is 62.6. The summed E-state index contributed by atoms with van der Waals surface area (Å²) in [6.45, 7) is 6.62. The number of aliphatic carboxylic acids is 1. The quantitative estimate of drug-likeness (QED) is 0.0139. The lowest BCUT2D eigenvalue weighted by Crippen LogP contribution is -2.60. The van der Waals surface area contributed by atoms with Crippen molar-refractivity contribution in [2.45, 2.75) is 127 Å². The highest BCUT2D eigenvalue weighted by molar-refractivity contribution is 5.98. The number of amides is 7. The Morgan fingerprint density at radius 3 is 1.22 bits per heavy atom. The first-order valence-corrected chi connectivity index (χ1v) is 25.9. The number of fused-ring (bicyclic) bond motifs is 2. The van der Waals surface area contributed by atoms with Gasteiger partial charge in [-0.15, -0.1) is 0 Å². The number of aromatic nitrogens is 2. The molecule has 0 unspecified atom stereocenters. The molecule has 0 fully saturated rings. The Kier molecular flexibility index (Phi) is 24.3. The van der Waals surface area contributed by atoms with Crippen LogP contribution in [0, 0.1) is 22.1 Å².